The monoisotopic (exact) mass is 419 g/mol. The van der Waals surface area contributed by atoms with Gasteiger partial charge >= 0.3 is 12.3 Å². The number of benzene rings is 2. The Kier molecular flexibility index (Phi) is 6.19. The van der Waals surface area contributed by atoms with Crippen molar-refractivity contribution < 1.29 is 27.9 Å². The fourth-order valence-corrected chi connectivity index (χ4v) is 4.55. The fourth-order valence-electron chi connectivity index (χ4n) is 4.55. The molecule has 160 valence electrons. The van der Waals surface area contributed by atoms with Gasteiger partial charge in [0.25, 0.3) is 0 Å². The lowest BCUT2D eigenvalue weighted by atomic mass is 9.74. The summed E-state index contributed by atoms with van der Waals surface area (Å²) >= 11 is 0. The highest BCUT2D eigenvalue weighted by molar-refractivity contribution is 5.84. The molecule has 1 saturated heterocycles. The van der Waals surface area contributed by atoms with Crippen LogP contribution in [0.15, 0.2) is 54.6 Å². The Labute approximate surface area is 173 Å². The van der Waals surface area contributed by atoms with Crippen LogP contribution in [-0.4, -0.2) is 27.4 Å². The number of hydrogen-bond acceptors (Lipinski definition) is 2. The summed E-state index contributed by atoms with van der Waals surface area (Å²) in [4.78, 5) is 26.4. The van der Waals surface area contributed by atoms with Gasteiger partial charge in [-0.05, 0) is 36.1 Å². The van der Waals surface area contributed by atoms with Gasteiger partial charge in [-0.2, -0.15) is 13.2 Å². The summed E-state index contributed by atoms with van der Waals surface area (Å²) in [5.41, 5.74) is -0.436. The van der Waals surface area contributed by atoms with Crippen LogP contribution < -0.4 is 0 Å². The minimum atomic E-state index is -4.48. The van der Waals surface area contributed by atoms with E-state index in [4.69, 9.17) is 0 Å². The molecule has 30 heavy (non-hydrogen) atoms. The van der Waals surface area contributed by atoms with Crippen molar-refractivity contribution in [2.24, 2.45) is 0 Å². The number of carboxylic acid groups (broad SMARTS) is 1. The molecule has 0 bridgehead atoms. The highest BCUT2D eigenvalue weighted by atomic mass is 19.4. The summed E-state index contributed by atoms with van der Waals surface area (Å²) in [6, 6.07) is 13.0. The highest BCUT2D eigenvalue weighted by Crippen LogP contribution is 2.43. The van der Waals surface area contributed by atoms with Crippen LogP contribution in [-0.2, 0) is 17.4 Å². The molecule has 1 fully saturated rings. The SMILES string of the molecule is CCC[C@@]1(Cc2ccccc2)CC(=O)C[C@H](c2ccc(C(F)(F)F)cc2)N1C(=O)O. The molecule has 0 aromatic heterocycles. The molecule has 1 heterocycles. The van der Waals surface area contributed by atoms with E-state index >= 15 is 0 Å². The second-order valence-corrected chi connectivity index (χ2v) is 7.84. The van der Waals surface area contributed by atoms with Crippen LogP contribution in [0.5, 0.6) is 0 Å². The maximum atomic E-state index is 12.9. The molecule has 1 N–H and O–H groups in total. The minimum absolute atomic E-state index is 0.0437. The molecule has 2 aromatic rings. The van der Waals surface area contributed by atoms with E-state index in [1.54, 1.807) is 0 Å². The summed E-state index contributed by atoms with van der Waals surface area (Å²) in [5.74, 6) is -0.0817. The third kappa shape index (κ3) is 4.50. The molecule has 1 aliphatic rings. The zero-order valence-corrected chi connectivity index (χ0v) is 16.7. The summed E-state index contributed by atoms with van der Waals surface area (Å²) in [7, 11) is 0. The molecule has 7 heteroatoms. The van der Waals surface area contributed by atoms with Crippen molar-refractivity contribution in [2.45, 2.75) is 56.8 Å². The van der Waals surface area contributed by atoms with E-state index in [1.165, 1.54) is 17.0 Å². The number of carbonyl (C=O) groups excluding carboxylic acids is 1. The Morgan fingerprint density at radius 2 is 1.77 bits per heavy atom. The maximum Gasteiger partial charge on any atom is 0.416 e. The predicted molar refractivity (Wildman–Crippen MR) is 106 cm³/mol. The van der Waals surface area contributed by atoms with Crippen molar-refractivity contribution in [3.05, 3.63) is 71.3 Å². The largest absolute Gasteiger partial charge is 0.465 e. The Bertz CT molecular complexity index is 896. The average molecular weight is 419 g/mol. The Hall–Kier alpha value is -2.83. The van der Waals surface area contributed by atoms with Crippen LogP contribution in [0.25, 0.3) is 0 Å². The van der Waals surface area contributed by atoms with Crippen molar-refractivity contribution in [2.75, 3.05) is 0 Å². The highest BCUT2D eigenvalue weighted by Gasteiger charge is 2.49. The van der Waals surface area contributed by atoms with Crippen LogP contribution in [0.2, 0.25) is 0 Å². The summed E-state index contributed by atoms with van der Waals surface area (Å²) in [6.07, 6.45) is -4.07. The lowest BCUT2D eigenvalue weighted by molar-refractivity contribution is -0.137. The van der Waals surface area contributed by atoms with Gasteiger partial charge in [-0.25, -0.2) is 4.79 Å². The van der Waals surface area contributed by atoms with Crippen molar-refractivity contribution in [3.8, 4) is 0 Å². The molecular weight excluding hydrogens is 395 g/mol. The molecule has 4 nitrogen and oxygen atoms in total. The molecule has 1 aliphatic heterocycles. The van der Waals surface area contributed by atoms with Gasteiger partial charge in [0.1, 0.15) is 5.78 Å². The van der Waals surface area contributed by atoms with Crippen LogP contribution in [0.1, 0.15) is 55.3 Å². The van der Waals surface area contributed by atoms with Crippen molar-refractivity contribution in [1.29, 1.82) is 0 Å². The van der Waals surface area contributed by atoms with E-state index in [0.29, 0.717) is 24.8 Å². The number of nitrogens with zero attached hydrogens (tertiary/aromatic N) is 1. The predicted octanol–water partition coefficient (Wildman–Crippen LogP) is 5.87. The number of Topliss-reactive ketones (excluding diaryl/α,β-unsaturated/α-hetero) is 1. The molecule has 0 aliphatic carbocycles. The number of carbonyl (C=O) groups is 2. The Balaban J connectivity index is 2.04. The van der Waals surface area contributed by atoms with Crippen molar-refractivity contribution in [1.82, 2.24) is 4.90 Å². The van der Waals surface area contributed by atoms with E-state index in [-0.39, 0.29) is 18.6 Å². The van der Waals surface area contributed by atoms with Gasteiger partial charge in [0.15, 0.2) is 0 Å². The van der Waals surface area contributed by atoms with Gasteiger partial charge < -0.3 is 5.11 Å². The molecule has 0 spiro atoms. The number of piperidine rings is 1. The minimum Gasteiger partial charge on any atom is -0.465 e. The molecule has 0 saturated carbocycles. The van der Waals surface area contributed by atoms with Crippen LogP contribution in [0.4, 0.5) is 18.0 Å². The number of halogens is 3. The van der Waals surface area contributed by atoms with Gasteiger partial charge in [0, 0.05) is 12.8 Å². The van der Waals surface area contributed by atoms with Gasteiger partial charge in [0.2, 0.25) is 0 Å². The summed E-state index contributed by atoms with van der Waals surface area (Å²) in [5, 5.41) is 10.1. The first-order chi connectivity index (χ1) is 14.2. The molecular formula is C23H24F3NO3. The van der Waals surface area contributed by atoms with E-state index in [2.05, 4.69) is 0 Å². The third-order valence-electron chi connectivity index (χ3n) is 5.69. The van der Waals surface area contributed by atoms with Crippen molar-refractivity contribution in [3.63, 3.8) is 0 Å². The van der Waals surface area contributed by atoms with Crippen LogP contribution in [0, 0.1) is 0 Å². The topological polar surface area (TPSA) is 57.6 Å². The smallest absolute Gasteiger partial charge is 0.416 e. The molecule has 0 radical (unpaired) electrons. The fraction of sp³-hybridized carbons (Fsp3) is 0.391. The van der Waals surface area contributed by atoms with E-state index in [9.17, 15) is 27.9 Å². The number of hydrogen-bond donors (Lipinski definition) is 1. The Morgan fingerprint density at radius 1 is 1.13 bits per heavy atom. The number of alkyl halides is 3. The first-order valence-corrected chi connectivity index (χ1v) is 9.91. The second-order valence-electron chi connectivity index (χ2n) is 7.84. The second kappa shape index (κ2) is 8.50. The van der Waals surface area contributed by atoms with Crippen LogP contribution >= 0.6 is 0 Å². The first kappa shape index (κ1) is 21.9. The quantitative estimate of drug-likeness (QED) is 0.659. The maximum absolute atomic E-state index is 12.9. The number of amides is 1. The number of ketones is 1. The summed E-state index contributed by atoms with van der Waals surface area (Å²) < 4.78 is 38.8. The number of rotatable bonds is 5. The standard InChI is InChI=1S/C23H24F3NO3/c1-2-12-22(14-16-6-4-3-5-7-16)15-19(28)13-20(27(22)21(29)30)17-8-10-18(11-9-17)23(24,25)26/h3-11,20H,2,12-15H2,1H3,(H,29,30)/t20-,22-/m1/s1. The molecule has 2 atom stereocenters. The Morgan fingerprint density at radius 3 is 2.30 bits per heavy atom. The van der Waals surface area contributed by atoms with E-state index in [1.807, 2.05) is 37.3 Å². The molecule has 2 aromatic carbocycles. The van der Waals surface area contributed by atoms with Gasteiger partial charge in [0.05, 0.1) is 17.1 Å². The zero-order chi connectivity index (χ0) is 21.9. The number of likely N-dealkylation sites (tertiary alicyclic amines) is 1. The summed E-state index contributed by atoms with van der Waals surface area (Å²) in [6.45, 7) is 1.93. The van der Waals surface area contributed by atoms with Crippen molar-refractivity contribution >= 4 is 11.9 Å². The average Bonchev–Trinajstić information content (AvgIpc) is 2.67. The third-order valence-corrected chi connectivity index (χ3v) is 5.69. The van der Waals surface area contributed by atoms with E-state index in [0.717, 1.165) is 17.7 Å². The van der Waals surface area contributed by atoms with Gasteiger partial charge in [-0.1, -0.05) is 55.8 Å². The first-order valence-electron chi connectivity index (χ1n) is 9.91. The normalized spacial score (nSPS) is 22.2. The molecule has 1 amide bonds. The van der Waals surface area contributed by atoms with Gasteiger partial charge in [-0.15, -0.1) is 0 Å². The molecule has 3 rings (SSSR count). The van der Waals surface area contributed by atoms with E-state index < -0.39 is 29.4 Å². The zero-order valence-electron chi connectivity index (χ0n) is 16.7. The molecule has 0 unspecified atom stereocenters. The lowest BCUT2D eigenvalue weighted by Gasteiger charge is -2.50. The lowest BCUT2D eigenvalue weighted by Crippen LogP contribution is -2.58. The van der Waals surface area contributed by atoms with Crippen LogP contribution in [0.3, 0.4) is 0 Å². The van der Waals surface area contributed by atoms with Gasteiger partial charge in [-0.3, -0.25) is 9.69 Å².